The molecule has 0 N–H and O–H groups in total. The number of nitriles is 1. The van der Waals surface area contributed by atoms with E-state index in [1.54, 1.807) is 17.8 Å². The van der Waals surface area contributed by atoms with Crippen molar-refractivity contribution in [1.29, 1.82) is 5.26 Å². The Hall–Kier alpha value is -1.53. The standard InChI is InChI=1S/C14H15NOS/c1-12-5-7-14(8-6-12)17-13(9-11-16)4-2-3-10-15/h5-9,11H,2-4H2,1H3/b13-9+. The lowest BCUT2D eigenvalue weighted by Crippen LogP contribution is -1.82. The topological polar surface area (TPSA) is 40.9 Å². The molecule has 0 aromatic heterocycles. The Labute approximate surface area is 106 Å². The molecular weight excluding hydrogens is 230 g/mol. The maximum Gasteiger partial charge on any atom is 0.143 e. The Morgan fingerprint density at radius 3 is 2.71 bits per heavy atom. The second-order valence-electron chi connectivity index (χ2n) is 3.70. The molecule has 0 aliphatic heterocycles. The highest BCUT2D eigenvalue weighted by molar-refractivity contribution is 8.03. The lowest BCUT2D eigenvalue weighted by atomic mass is 10.2. The van der Waals surface area contributed by atoms with Gasteiger partial charge in [0.25, 0.3) is 0 Å². The Balaban J connectivity index is 2.61. The lowest BCUT2D eigenvalue weighted by molar-refractivity contribution is -0.104. The predicted octanol–water partition coefficient (Wildman–Crippen LogP) is 3.86. The number of aryl methyl sites for hydroxylation is 1. The fourth-order valence-electron chi connectivity index (χ4n) is 1.34. The van der Waals surface area contributed by atoms with Crippen LogP contribution in [-0.2, 0) is 4.79 Å². The predicted molar refractivity (Wildman–Crippen MR) is 70.6 cm³/mol. The molecule has 2 nitrogen and oxygen atoms in total. The number of carbonyl (C=O) groups is 1. The number of hydrogen-bond acceptors (Lipinski definition) is 3. The summed E-state index contributed by atoms with van der Waals surface area (Å²) in [7, 11) is 0. The molecule has 0 unspecified atom stereocenters. The zero-order valence-corrected chi connectivity index (χ0v) is 10.7. The van der Waals surface area contributed by atoms with Crippen LogP contribution in [0.3, 0.4) is 0 Å². The molecule has 0 saturated carbocycles. The number of nitrogens with zero attached hydrogens (tertiary/aromatic N) is 1. The van der Waals surface area contributed by atoms with Crippen LogP contribution in [0.5, 0.6) is 0 Å². The largest absolute Gasteiger partial charge is 0.299 e. The third-order valence-corrected chi connectivity index (χ3v) is 3.35. The van der Waals surface area contributed by atoms with E-state index >= 15 is 0 Å². The summed E-state index contributed by atoms with van der Waals surface area (Å²) in [4.78, 5) is 12.7. The van der Waals surface area contributed by atoms with Crippen molar-refractivity contribution in [2.45, 2.75) is 31.1 Å². The molecule has 0 atom stereocenters. The minimum Gasteiger partial charge on any atom is -0.299 e. The van der Waals surface area contributed by atoms with Gasteiger partial charge < -0.3 is 0 Å². The molecule has 0 radical (unpaired) electrons. The quantitative estimate of drug-likeness (QED) is 0.331. The van der Waals surface area contributed by atoms with E-state index in [4.69, 9.17) is 5.26 Å². The average Bonchev–Trinajstić information content (AvgIpc) is 2.32. The molecule has 0 saturated heterocycles. The normalized spacial score (nSPS) is 10.9. The second kappa shape index (κ2) is 7.70. The number of hydrogen-bond donors (Lipinski definition) is 0. The number of rotatable bonds is 6. The summed E-state index contributed by atoms with van der Waals surface area (Å²) >= 11 is 1.59. The molecule has 1 aromatic carbocycles. The van der Waals surface area contributed by atoms with E-state index < -0.39 is 0 Å². The van der Waals surface area contributed by atoms with Crippen molar-refractivity contribution >= 4 is 18.0 Å². The highest BCUT2D eigenvalue weighted by Gasteiger charge is 2.01. The van der Waals surface area contributed by atoms with Gasteiger partial charge in [0.15, 0.2) is 0 Å². The van der Waals surface area contributed by atoms with Crippen LogP contribution in [0, 0.1) is 18.3 Å². The van der Waals surface area contributed by atoms with Crippen molar-refractivity contribution in [3.8, 4) is 6.07 Å². The first-order chi connectivity index (χ1) is 8.26. The van der Waals surface area contributed by atoms with Gasteiger partial charge in [-0.1, -0.05) is 29.5 Å². The third-order valence-electron chi connectivity index (χ3n) is 2.24. The van der Waals surface area contributed by atoms with Crippen molar-refractivity contribution in [3.05, 3.63) is 40.8 Å². The highest BCUT2D eigenvalue weighted by Crippen LogP contribution is 2.29. The summed E-state index contributed by atoms with van der Waals surface area (Å²) in [5, 5.41) is 8.48. The Bertz CT molecular complexity index is 429. The van der Waals surface area contributed by atoms with Crippen molar-refractivity contribution < 1.29 is 4.79 Å². The molecule has 0 heterocycles. The first kappa shape index (κ1) is 13.5. The van der Waals surface area contributed by atoms with Gasteiger partial charge in [0, 0.05) is 11.3 Å². The maximum absolute atomic E-state index is 10.5. The van der Waals surface area contributed by atoms with Gasteiger partial charge in [-0.15, -0.1) is 0 Å². The number of allylic oxidation sites excluding steroid dienone is 2. The summed E-state index contributed by atoms with van der Waals surface area (Å²) in [5.74, 6) is 0. The smallest absolute Gasteiger partial charge is 0.143 e. The van der Waals surface area contributed by atoms with E-state index in [0.717, 1.165) is 28.9 Å². The molecule has 0 bridgehead atoms. The first-order valence-corrected chi connectivity index (χ1v) is 6.33. The summed E-state index contributed by atoms with van der Waals surface area (Å²) in [6.45, 7) is 2.05. The maximum atomic E-state index is 10.5. The molecule has 88 valence electrons. The average molecular weight is 245 g/mol. The molecule has 0 aliphatic rings. The molecule has 0 aliphatic carbocycles. The zero-order valence-electron chi connectivity index (χ0n) is 9.85. The SMILES string of the molecule is Cc1ccc(S/C(=C/C=O)CCCC#N)cc1. The molecule has 0 amide bonds. The third kappa shape index (κ3) is 5.37. The molecule has 3 heteroatoms. The van der Waals surface area contributed by atoms with Gasteiger partial charge in [-0.25, -0.2) is 0 Å². The Kier molecular flexibility index (Phi) is 6.13. The van der Waals surface area contributed by atoms with E-state index in [-0.39, 0.29) is 0 Å². The van der Waals surface area contributed by atoms with E-state index in [1.165, 1.54) is 5.56 Å². The van der Waals surface area contributed by atoms with Gasteiger partial charge in [0.05, 0.1) is 6.07 Å². The van der Waals surface area contributed by atoms with E-state index in [0.29, 0.717) is 6.42 Å². The van der Waals surface area contributed by atoms with Crippen LogP contribution in [0.2, 0.25) is 0 Å². The van der Waals surface area contributed by atoms with Gasteiger partial charge in [-0.3, -0.25) is 4.79 Å². The number of carbonyl (C=O) groups excluding carboxylic acids is 1. The van der Waals surface area contributed by atoms with Gasteiger partial charge >= 0.3 is 0 Å². The van der Waals surface area contributed by atoms with Crippen LogP contribution in [0.1, 0.15) is 24.8 Å². The van der Waals surface area contributed by atoms with Crippen LogP contribution in [0.25, 0.3) is 0 Å². The zero-order chi connectivity index (χ0) is 12.5. The van der Waals surface area contributed by atoms with Crippen LogP contribution < -0.4 is 0 Å². The summed E-state index contributed by atoms with van der Waals surface area (Å²) in [6, 6.07) is 10.3. The van der Waals surface area contributed by atoms with Crippen LogP contribution in [-0.4, -0.2) is 6.29 Å². The summed E-state index contributed by atoms with van der Waals surface area (Å²) < 4.78 is 0. The Morgan fingerprint density at radius 2 is 2.12 bits per heavy atom. The second-order valence-corrected chi connectivity index (χ2v) is 4.90. The summed E-state index contributed by atoms with van der Waals surface area (Å²) in [6.07, 6.45) is 4.51. The summed E-state index contributed by atoms with van der Waals surface area (Å²) in [5.41, 5.74) is 1.22. The van der Waals surface area contributed by atoms with Crippen molar-refractivity contribution in [2.75, 3.05) is 0 Å². The fourth-order valence-corrected chi connectivity index (χ4v) is 2.29. The van der Waals surface area contributed by atoms with Crippen LogP contribution in [0.15, 0.2) is 40.1 Å². The minimum absolute atomic E-state index is 0.532. The Morgan fingerprint density at radius 1 is 1.41 bits per heavy atom. The lowest BCUT2D eigenvalue weighted by Gasteiger charge is -2.05. The number of unbranched alkanes of at least 4 members (excludes halogenated alkanes) is 1. The number of thioether (sulfide) groups is 1. The fraction of sp³-hybridized carbons (Fsp3) is 0.286. The molecule has 0 fully saturated rings. The van der Waals surface area contributed by atoms with E-state index in [2.05, 4.69) is 18.2 Å². The number of aldehydes is 1. The van der Waals surface area contributed by atoms with Crippen molar-refractivity contribution in [2.24, 2.45) is 0 Å². The molecular formula is C14H15NOS. The van der Waals surface area contributed by atoms with Gasteiger partial charge in [0.2, 0.25) is 0 Å². The first-order valence-electron chi connectivity index (χ1n) is 5.52. The minimum atomic E-state index is 0.532. The van der Waals surface area contributed by atoms with Crippen molar-refractivity contribution in [3.63, 3.8) is 0 Å². The van der Waals surface area contributed by atoms with Crippen LogP contribution in [0.4, 0.5) is 0 Å². The molecule has 0 spiro atoms. The highest BCUT2D eigenvalue weighted by atomic mass is 32.2. The van der Waals surface area contributed by atoms with Gasteiger partial charge in [-0.05, 0) is 42.9 Å². The van der Waals surface area contributed by atoms with Gasteiger partial charge in [-0.2, -0.15) is 5.26 Å². The number of benzene rings is 1. The van der Waals surface area contributed by atoms with Crippen molar-refractivity contribution in [1.82, 2.24) is 0 Å². The van der Waals surface area contributed by atoms with E-state index in [1.807, 2.05) is 19.1 Å². The molecule has 17 heavy (non-hydrogen) atoms. The van der Waals surface area contributed by atoms with E-state index in [9.17, 15) is 4.79 Å². The monoisotopic (exact) mass is 245 g/mol. The van der Waals surface area contributed by atoms with Gasteiger partial charge in [0.1, 0.15) is 6.29 Å². The van der Waals surface area contributed by atoms with Crippen LogP contribution >= 0.6 is 11.8 Å². The molecule has 1 aromatic rings. The molecule has 1 rings (SSSR count).